The molecule has 0 amide bonds. The monoisotopic (exact) mass is 518 g/mol. The summed E-state index contributed by atoms with van der Waals surface area (Å²) in [7, 11) is 0. The minimum Gasteiger partial charge on any atom is -0.463 e. The van der Waals surface area contributed by atoms with Crippen LogP contribution in [0.2, 0.25) is 0 Å². The fraction of sp³-hybridized carbons (Fsp3) is 0.962. The molecule has 0 saturated carbocycles. The van der Waals surface area contributed by atoms with E-state index >= 15 is 0 Å². The van der Waals surface area contributed by atoms with Gasteiger partial charge in [-0.05, 0) is 12.8 Å². The Bertz CT molecular complexity index is 704. The summed E-state index contributed by atoms with van der Waals surface area (Å²) in [5, 5.41) is 32.6. The van der Waals surface area contributed by atoms with E-state index in [4.69, 9.17) is 28.4 Å². The molecule has 3 heterocycles. The predicted molar refractivity (Wildman–Crippen MR) is 129 cm³/mol. The van der Waals surface area contributed by atoms with Gasteiger partial charge in [0.2, 0.25) is 0 Å². The Balaban J connectivity index is 1.71. The van der Waals surface area contributed by atoms with Gasteiger partial charge in [-0.3, -0.25) is 4.79 Å². The maximum atomic E-state index is 12.1. The van der Waals surface area contributed by atoms with Crippen LogP contribution in [0.15, 0.2) is 0 Å². The van der Waals surface area contributed by atoms with Crippen LogP contribution in [0.4, 0.5) is 0 Å². The lowest BCUT2D eigenvalue weighted by Crippen LogP contribution is -2.60. The highest BCUT2D eigenvalue weighted by Crippen LogP contribution is 2.35. The first kappa shape index (κ1) is 29.7. The maximum absolute atomic E-state index is 12.1. The zero-order chi connectivity index (χ0) is 26.7. The lowest BCUT2D eigenvalue weighted by Gasteiger charge is -2.47. The second kappa shape index (κ2) is 12.8. The summed E-state index contributed by atoms with van der Waals surface area (Å²) in [5.41, 5.74) is 0. The molecule has 3 rings (SSSR count). The van der Waals surface area contributed by atoms with Crippen molar-refractivity contribution in [2.24, 2.45) is 29.6 Å². The average molecular weight is 519 g/mol. The van der Waals surface area contributed by atoms with Gasteiger partial charge in [0.05, 0.1) is 43.7 Å². The molecule has 0 aromatic carbocycles. The SMILES string of the molecule is CC(C)CC(=O)OC[C@H]1O[C@@H](O[C@H]2[C@H](O[C@@H]3[C@@H](O)[C@H](C)CO[C@H]3C)OC[C@@H](C)[C@@H]2O)[C@H](C)[C@@H](O)[C@@H]1C. The van der Waals surface area contributed by atoms with Gasteiger partial charge in [0.1, 0.15) is 18.8 Å². The van der Waals surface area contributed by atoms with Crippen LogP contribution in [0.5, 0.6) is 0 Å². The molecule has 3 N–H and O–H groups in total. The zero-order valence-corrected chi connectivity index (χ0v) is 22.6. The molecule has 3 aliphatic rings. The lowest BCUT2D eigenvalue weighted by molar-refractivity contribution is -0.354. The average Bonchev–Trinajstić information content (AvgIpc) is 2.82. The molecule has 0 aromatic heterocycles. The maximum Gasteiger partial charge on any atom is 0.306 e. The third kappa shape index (κ3) is 6.96. The van der Waals surface area contributed by atoms with Crippen LogP contribution in [0, 0.1) is 29.6 Å². The summed E-state index contributed by atoms with van der Waals surface area (Å²) in [5.74, 6) is -1.20. The molecule has 0 aliphatic carbocycles. The molecule has 3 fully saturated rings. The van der Waals surface area contributed by atoms with E-state index in [0.29, 0.717) is 13.0 Å². The van der Waals surface area contributed by atoms with E-state index in [9.17, 15) is 20.1 Å². The fourth-order valence-corrected chi connectivity index (χ4v) is 4.98. The number of aliphatic hydroxyl groups excluding tert-OH is 3. The first-order chi connectivity index (χ1) is 16.9. The van der Waals surface area contributed by atoms with Crippen molar-refractivity contribution in [2.45, 2.75) is 110 Å². The smallest absolute Gasteiger partial charge is 0.306 e. The van der Waals surface area contributed by atoms with Crippen LogP contribution in [0.25, 0.3) is 0 Å². The summed E-state index contributed by atoms with van der Waals surface area (Å²) in [6.07, 6.45) is -6.55. The zero-order valence-electron chi connectivity index (χ0n) is 22.6. The van der Waals surface area contributed by atoms with Crippen molar-refractivity contribution < 1.29 is 48.5 Å². The summed E-state index contributed by atoms with van der Waals surface area (Å²) >= 11 is 0. The van der Waals surface area contributed by atoms with E-state index in [1.54, 1.807) is 0 Å². The van der Waals surface area contributed by atoms with Gasteiger partial charge in [-0.25, -0.2) is 0 Å². The Labute approximate surface area is 214 Å². The Hall–Kier alpha value is -0.850. The molecule has 0 aromatic rings. The quantitative estimate of drug-likeness (QED) is 0.406. The van der Waals surface area contributed by atoms with Crippen molar-refractivity contribution in [1.29, 1.82) is 0 Å². The molecule has 0 radical (unpaired) electrons. The van der Waals surface area contributed by atoms with Crippen molar-refractivity contribution in [3.05, 3.63) is 0 Å². The normalized spacial score (nSPS) is 46.0. The second-order valence-electron chi connectivity index (χ2n) is 11.4. The largest absolute Gasteiger partial charge is 0.463 e. The third-order valence-corrected chi connectivity index (χ3v) is 7.68. The minimum absolute atomic E-state index is 0.00256. The number of carbonyl (C=O) groups excluding carboxylic acids is 1. The summed E-state index contributed by atoms with van der Waals surface area (Å²) < 4.78 is 35.6. The first-order valence-electron chi connectivity index (χ1n) is 13.3. The highest BCUT2D eigenvalue weighted by molar-refractivity contribution is 5.69. The molecule has 13 atom stereocenters. The highest BCUT2D eigenvalue weighted by atomic mass is 16.7. The van der Waals surface area contributed by atoms with Crippen LogP contribution in [0.1, 0.15) is 54.9 Å². The van der Waals surface area contributed by atoms with Gasteiger partial charge in [0.25, 0.3) is 0 Å². The number of aliphatic hydroxyl groups is 3. The third-order valence-electron chi connectivity index (χ3n) is 7.68. The Morgan fingerprint density at radius 2 is 1.42 bits per heavy atom. The Kier molecular flexibility index (Phi) is 10.6. The number of ether oxygens (including phenoxy) is 6. The van der Waals surface area contributed by atoms with Gasteiger partial charge in [-0.1, -0.05) is 41.5 Å². The standard InChI is InChI=1S/C26H46O10/c1-12(2)8-19(27)32-11-18-15(5)22(30)16(6)25(34-18)36-24-21(29)14(4)10-33-26(24)35-23-17(7)31-9-13(3)20(23)28/h12-18,20-26,28-30H,8-11H2,1-7H3/t13-,14-,15-,16-,17+,18-,20+,21+,22+,23+,24-,25+,26+/m1/s1. The van der Waals surface area contributed by atoms with Crippen LogP contribution >= 0.6 is 0 Å². The van der Waals surface area contributed by atoms with Gasteiger partial charge in [0, 0.05) is 30.1 Å². The van der Waals surface area contributed by atoms with Crippen molar-refractivity contribution in [1.82, 2.24) is 0 Å². The van der Waals surface area contributed by atoms with Crippen LogP contribution < -0.4 is 0 Å². The van der Waals surface area contributed by atoms with Crippen molar-refractivity contribution in [3.8, 4) is 0 Å². The molecular weight excluding hydrogens is 472 g/mol. The van der Waals surface area contributed by atoms with E-state index < -0.39 is 55.1 Å². The van der Waals surface area contributed by atoms with Crippen LogP contribution in [0.3, 0.4) is 0 Å². The molecule has 0 spiro atoms. The van der Waals surface area contributed by atoms with Gasteiger partial charge >= 0.3 is 5.97 Å². The van der Waals surface area contributed by atoms with E-state index in [1.165, 1.54) is 0 Å². The first-order valence-corrected chi connectivity index (χ1v) is 13.3. The second-order valence-corrected chi connectivity index (χ2v) is 11.4. The highest BCUT2D eigenvalue weighted by Gasteiger charge is 2.48. The molecule has 0 unspecified atom stereocenters. The topological polar surface area (TPSA) is 133 Å². The summed E-state index contributed by atoms with van der Waals surface area (Å²) in [6.45, 7) is 13.8. The fourth-order valence-electron chi connectivity index (χ4n) is 4.98. The van der Waals surface area contributed by atoms with Crippen LogP contribution in [-0.2, 0) is 33.2 Å². The van der Waals surface area contributed by atoms with Gasteiger partial charge in [0.15, 0.2) is 12.6 Å². The number of esters is 1. The van der Waals surface area contributed by atoms with Gasteiger partial charge < -0.3 is 43.7 Å². The Morgan fingerprint density at radius 3 is 2.06 bits per heavy atom. The van der Waals surface area contributed by atoms with E-state index in [1.807, 2.05) is 48.5 Å². The molecule has 10 nitrogen and oxygen atoms in total. The van der Waals surface area contributed by atoms with Crippen LogP contribution in [-0.4, -0.2) is 96.4 Å². The van der Waals surface area contributed by atoms with Gasteiger partial charge in [-0.2, -0.15) is 0 Å². The Morgan fingerprint density at radius 1 is 0.833 bits per heavy atom. The summed E-state index contributed by atoms with van der Waals surface area (Å²) in [4.78, 5) is 12.1. The molecule has 3 aliphatic heterocycles. The molecular formula is C26H46O10. The summed E-state index contributed by atoms with van der Waals surface area (Å²) in [6, 6.07) is 0. The predicted octanol–water partition coefficient (Wildman–Crippen LogP) is 1.47. The van der Waals surface area contributed by atoms with E-state index in [0.717, 1.165) is 0 Å². The molecule has 10 heteroatoms. The van der Waals surface area contributed by atoms with Crippen molar-refractivity contribution in [2.75, 3.05) is 19.8 Å². The van der Waals surface area contributed by atoms with E-state index in [-0.39, 0.29) is 49.0 Å². The number of hydrogen-bond acceptors (Lipinski definition) is 10. The van der Waals surface area contributed by atoms with Gasteiger partial charge in [-0.15, -0.1) is 0 Å². The number of hydrogen-bond donors (Lipinski definition) is 3. The van der Waals surface area contributed by atoms with E-state index in [2.05, 4.69) is 0 Å². The molecule has 36 heavy (non-hydrogen) atoms. The number of carbonyl (C=O) groups is 1. The molecule has 3 saturated heterocycles. The molecule has 210 valence electrons. The van der Waals surface area contributed by atoms with Crippen molar-refractivity contribution >= 4 is 5.97 Å². The number of rotatable bonds is 8. The molecule has 0 bridgehead atoms. The minimum atomic E-state index is -0.971. The van der Waals surface area contributed by atoms with Crippen molar-refractivity contribution in [3.63, 3.8) is 0 Å². The lowest BCUT2D eigenvalue weighted by atomic mass is 9.86.